The van der Waals surface area contributed by atoms with Crippen LogP contribution in [0.4, 0.5) is 0 Å². The maximum absolute atomic E-state index is 12.1. The van der Waals surface area contributed by atoms with Gasteiger partial charge in [0.25, 0.3) is 0 Å². The average molecular weight is 255 g/mol. The lowest BCUT2D eigenvalue weighted by atomic mass is 10.1. The van der Waals surface area contributed by atoms with Crippen LogP contribution in [0.25, 0.3) is 0 Å². The number of morpholine rings is 1. The van der Waals surface area contributed by atoms with Gasteiger partial charge < -0.3 is 15.0 Å². The molecule has 2 aliphatic heterocycles. The van der Waals surface area contributed by atoms with Gasteiger partial charge in [-0.25, -0.2) is 0 Å². The summed E-state index contributed by atoms with van der Waals surface area (Å²) in [5.74, 6) is 0.316. The summed E-state index contributed by atoms with van der Waals surface area (Å²) in [5, 5.41) is 3.29. The molecular weight excluding hydrogens is 230 g/mol. The molecule has 0 aromatic rings. The van der Waals surface area contributed by atoms with E-state index in [-0.39, 0.29) is 0 Å². The number of piperidine rings is 1. The molecule has 104 valence electrons. The van der Waals surface area contributed by atoms with Crippen molar-refractivity contribution in [3.8, 4) is 0 Å². The van der Waals surface area contributed by atoms with Gasteiger partial charge in [-0.05, 0) is 19.9 Å². The predicted octanol–water partition coefficient (Wildman–Crippen LogP) is -0.0809. The molecule has 2 saturated heterocycles. The first-order chi connectivity index (χ1) is 8.79. The van der Waals surface area contributed by atoms with E-state index in [4.69, 9.17) is 4.74 Å². The maximum Gasteiger partial charge on any atom is 0.223 e. The Kier molecular flexibility index (Phi) is 5.41. The van der Waals surface area contributed by atoms with Gasteiger partial charge in [0.1, 0.15) is 0 Å². The Labute approximate surface area is 109 Å². The number of carbonyl (C=O) groups excluding carboxylic acids is 1. The number of hydrogen-bond donors (Lipinski definition) is 1. The lowest BCUT2D eigenvalue weighted by Crippen LogP contribution is -2.45. The van der Waals surface area contributed by atoms with Crippen LogP contribution in [0, 0.1) is 0 Å². The zero-order valence-corrected chi connectivity index (χ0v) is 11.4. The van der Waals surface area contributed by atoms with Crippen molar-refractivity contribution in [3.05, 3.63) is 0 Å². The summed E-state index contributed by atoms with van der Waals surface area (Å²) in [6, 6.07) is 0.591. The molecule has 0 aliphatic carbocycles. The highest BCUT2D eigenvalue weighted by molar-refractivity contribution is 5.76. The number of hydrogen-bond acceptors (Lipinski definition) is 4. The molecule has 0 unspecified atom stereocenters. The molecule has 2 heterocycles. The molecule has 0 atom stereocenters. The van der Waals surface area contributed by atoms with Crippen molar-refractivity contribution < 1.29 is 9.53 Å². The van der Waals surface area contributed by atoms with E-state index in [0.717, 1.165) is 58.8 Å². The maximum atomic E-state index is 12.1. The van der Waals surface area contributed by atoms with Gasteiger partial charge in [0, 0.05) is 45.2 Å². The number of ether oxygens (including phenoxy) is 1. The Balaban J connectivity index is 1.65. The van der Waals surface area contributed by atoms with E-state index < -0.39 is 0 Å². The molecule has 0 spiro atoms. The van der Waals surface area contributed by atoms with Crippen molar-refractivity contribution in [1.29, 1.82) is 0 Å². The highest BCUT2D eigenvalue weighted by Gasteiger charge is 2.22. The second-order valence-electron chi connectivity index (χ2n) is 5.15. The van der Waals surface area contributed by atoms with Gasteiger partial charge in [0.15, 0.2) is 0 Å². The third-order valence-electron chi connectivity index (χ3n) is 4.00. The lowest BCUT2D eigenvalue weighted by molar-refractivity contribution is -0.132. The second-order valence-corrected chi connectivity index (χ2v) is 5.15. The highest BCUT2D eigenvalue weighted by atomic mass is 16.5. The van der Waals surface area contributed by atoms with Crippen molar-refractivity contribution in [1.82, 2.24) is 15.1 Å². The highest BCUT2D eigenvalue weighted by Crippen LogP contribution is 2.11. The van der Waals surface area contributed by atoms with Gasteiger partial charge in [-0.15, -0.1) is 0 Å². The number of nitrogens with zero attached hydrogens (tertiary/aromatic N) is 2. The summed E-state index contributed by atoms with van der Waals surface area (Å²) in [6.45, 7) is 6.25. The number of nitrogens with one attached hydrogen (secondary N) is 1. The van der Waals surface area contributed by atoms with Crippen LogP contribution >= 0.6 is 0 Å². The minimum Gasteiger partial charge on any atom is -0.379 e. The van der Waals surface area contributed by atoms with Crippen molar-refractivity contribution in [2.24, 2.45) is 0 Å². The summed E-state index contributed by atoms with van der Waals surface area (Å²) < 4.78 is 5.30. The molecule has 5 nitrogen and oxygen atoms in total. The van der Waals surface area contributed by atoms with E-state index >= 15 is 0 Å². The topological polar surface area (TPSA) is 44.8 Å². The third-order valence-corrected chi connectivity index (χ3v) is 4.00. The molecule has 18 heavy (non-hydrogen) atoms. The molecule has 1 N–H and O–H groups in total. The fraction of sp³-hybridized carbons (Fsp3) is 0.923. The normalized spacial score (nSPS) is 23.3. The number of likely N-dealkylation sites (tertiary alicyclic amines) is 1. The Bertz CT molecular complexity index is 259. The third kappa shape index (κ3) is 3.93. The minimum atomic E-state index is 0.316. The summed E-state index contributed by atoms with van der Waals surface area (Å²) in [7, 11) is 2.00. The van der Waals surface area contributed by atoms with Gasteiger partial charge >= 0.3 is 0 Å². The molecule has 0 aromatic carbocycles. The van der Waals surface area contributed by atoms with Crippen molar-refractivity contribution in [2.45, 2.75) is 25.3 Å². The van der Waals surface area contributed by atoms with E-state index in [9.17, 15) is 4.79 Å². The predicted molar refractivity (Wildman–Crippen MR) is 70.5 cm³/mol. The van der Waals surface area contributed by atoms with Crippen LogP contribution in [0.15, 0.2) is 0 Å². The number of carbonyl (C=O) groups is 1. The Morgan fingerprint density at radius 2 is 1.89 bits per heavy atom. The largest absolute Gasteiger partial charge is 0.379 e. The molecule has 2 aliphatic rings. The summed E-state index contributed by atoms with van der Waals surface area (Å²) in [4.78, 5) is 16.4. The molecule has 2 fully saturated rings. The minimum absolute atomic E-state index is 0.316. The SMILES string of the molecule is CNC1CCN(C(=O)CCN2CCOCC2)CC1. The molecule has 0 radical (unpaired) electrons. The van der Waals surface area contributed by atoms with Gasteiger partial charge in [-0.3, -0.25) is 9.69 Å². The monoisotopic (exact) mass is 255 g/mol. The first kappa shape index (κ1) is 13.8. The standard InChI is InChI=1S/C13H25N3O2/c1-14-12-2-6-16(7-3-12)13(17)4-5-15-8-10-18-11-9-15/h12,14H,2-11H2,1H3. The Morgan fingerprint density at radius 3 is 2.50 bits per heavy atom. The molecule has 0 saturated carbocycles. The second kappa shape index (κ2) is 7.07. The van der Waals surface area contributed by atoms with Gasteiger partial charge in [0.05, 0.1) is 13.2 Å². The molecule has 0 bridgehead atoms. The van der Waals surface area contributed by atoms with E-state index in [1.54, 1.807) is 0 Å². The van der Waals surface area contributed by atoms with Crippen molar-refractivity contribution in [2.75, 3.05) is 53.0 Å². The molecule has 5 heteroatoms. The molecule has 0 aromatic heterocycles. The summed E-state index contributed by atoms with van der Waals surface area (Å²) >= 11 is 0. The van der Waals surface area contributed by atoms with Crippen LogP contribution < -0.4 is 5.32 Å². The van der Waals surface area contributed by atoms with E-state index in [0.29, 0.717) is 18.4 Å². The van der Waals surface area contributed by atoms with Crippen molar-refractivity contribution >= 4 is 5.91 Å². The summed E-state index contributed by atoms with van der Waals surface area (Å²) in [5.41, 5.74) is 0. The zero-order valence-electron chi connectivity index (χ0n) is 11.4. The van der Waals surface area contributed by atoms with Crippen LogP contribution in [0.1, 0.15) is 19.3 Å². The van der Waals surface area contributed by atoms with Crippen LogP contribution in [-0.4, -0.2) is 74.7 Å². The first-order valence-electron chi connectivity index (χ1n) is 7.04. The molecule has 2 rings (SSSR count). The first-order valence-corrected chi connectivity index (χ1v) is 7.04. The van der Waals surface area contributed by atoms with Crippen LogP contribution in [0.3, 0.4) is 0 Å². The van der Waals surface area contributed by atoms with Crippen LogP contribution in [0.5, 0.6) is 0 Å². The average Bonchev–Trinajstić information content (AvgIpc) is 2.46. The van der Waals surface area contributed by atoms with Crippen molar-refractivity contribution in [3.63, 3.8) is 0 Å². The lowest BCUT2D eigenvalue weighted by Gasteiger charge is -2.33. The van der Waals surface area contributed by atoms with Gasteiger partial charge in [-0.2, -0.15) is 0 Å². The van der Waals surface area contributed by atoms with E-state index in [2.05, 4.69) is 10.2 Å². The quantitative estimate of drug-likeness (QED) is 0.763. The fourth-order valence-corrected chi connectivity index (χ4v) is 2.65. The molecule has 1 amide bonds. The van der Waals surface area contributed by atoms with E-state index in [1.807, 2.05) is 11.9 Å². The van der Waals surface area contributed by atoms with Gasteiger partial charge in [0.2, 0.25) is 5.91 Å². The number of amides is 1. The smallest absolute Gasteiger partial charge is 0.223 e. The Hall–Kier alpha value is -0.650. The fourth-order valence-electron chi connectivity index (χ4n) is 2.65. The number of rotatable bonds is 4. The van der Waals surface area contributed by atoms with Gasteiger partial charge in [-0.1, -0.05) is 0 Å². The van der Waals surface area contributed by atoms with E-state index in [1.165, 1.54) is 0 Å². The van der Waals surface area contributed by atoms with Crippen LogP contribution in [0.2, 0.25) is 0 Å². The molecular formula is C13H25N3O2. The zero-order chi connectivity index (χ0) is 12.8. The Morgan fingerprint density at radius 1 is 1.22 bits per heavy atom. The van der Waals surface area contributed by atoms with Crippen LogP contribution in [-0.2, 0) is 9.53 Å². The summed E-state index contributed by atoms with van der Waals surface area (Å²) in [6.07, 6.45) is 2.82.